The minimum Gasteiger partial charge on any atom is -0.478 e. The van der Waals surface area contributed by atoms with Gasteiger partial charge < -0.3 is 5.11 Å². The van der Waals surface area contributed by atoms with Gasteiger partial charge >= 0.3 is 5.97 Å². The Labute approximate surface area is 92.6 Å². The molecule has 0 bridgehead atoms. The number of carbonyl (C=O) groups is 1. The third kappa shape index (κ3) is 2.42. The van der Waals surface area contributed by atoms with Crippen molar-refractivity contribution in [2.24, 2.45) is 0 Å². The molecular weight excluding hydrogens is 204 g/mol. The van der Waals surface area contributed by atoms with Gasteiger partial charge in [0, 0.05) is 30.2 Å². The third-order valence-corrected chi connectivity index (χ3v) is 2.16. The second-order valence-electron chi connectivity index (χ2n) is 3.34. The molecule has 0 atom stereocenters. The lowest BCUT2D eigenvalue weighted by molar-refractivity contribution is 0.0696. The van der Waals surface area contributed by atoms with Crippen LogP contribution in [0.25, 0.3) is 0 Å². The largest absolute Gasteiger partial charge is 0.478 e. The van der Waals surface area contributed by atoms with E-state index in [1.54, 1.807) is 18.3 Å². The molecule has 2 heterocycles. The number of pyridine rings is 2. The summed E-state index contributed by atoms with van der Waals surface area (Å²) in [7, 11) is 0. The predicted octanol–water partition coefficient (Wildman–Crippen LogP) is 1.77. The van der Waals surface area contributed by atoms with Crippen molar-refractivity contribution in [2.45, 2.75) is 6.42 Å². The number of aromatic carboxylic acids is 1. The van der Waals surface area contributed by atoms with Gasteiger partial charge in [0.1, 0.15) is 0 Å². The molecule has 4 heteroatoms. The van der Waals surface area contributed by atoms with Crippen LogP contribution in [0.1, 0.15) is 21.7 Å². The zero-order chi connectivity index (χ0) is 11.4. The fraction of sp³-hybridized carbons (Fsp3) is 0.0833. The number of carboxylic acid groups (broad SMARTS) is 1. The summed E-state index contributed by atoms with van der Waals surface area (Å²) >= 11 is 0. The van der Waals surface area contributed by atoms with E-state index in [0.717, 1.165) is 11.4 Å². The van der Waals surface area contributed by atoms with Crippen LogP contribution in [0.5, 0.6) is 0 Å². The minimum absolute atomic E-state index is 0.199. The Morgan fingerprint density at radius 2 is 1.94 bits per heavy atom. The van der Waals surface area contributed by atoms with Crippen LogP contribution in [0.2, 0.25) is 0 Å². The summed E-state index contributed by atoms with van der Waals surface area (Å²) in [6.45, 7) is 0. The van der Waals surface area contributed by atoms with E-state index in [1.165, 1.54) is 6.20 Å². The molecule has 0 aliphatic carbocycles. The molecule has 0 spiro atoms. The SMILES string of the molecule is O=C(O)c1ccc(Cc2ccccn2)nc1. The molecule has 0 aromatic carbocycles. The average molecular weight is 214 g/mol. The summed E-state index contributed by atoms with van der Waals surface area (Å²) in [5.74, 6) is -0.961. The van der Waals surface area contributed by atoms with Crippen molar-refractivity contribution >= 4 is 5.97 Å². The molecule has 1 N–H and O–H groups in total. The van der Waals surface area contributed by atoms with Gasteiger partial charge in [-0.05, 0) is 24.3 Å². The van der Waals surface area contributed by atoms with Crippen LogP contribution in [0.4, 0.5) is 0 Å². The van der Waals surface area contributed by atoms with Gasteiger partial charge in [-0.15, -0.1) is 0 Å². The number of rotatable bonds is 3. The number of nitrogens with zero attached hydrogens (tertiary/aromatic N) is 2. The molecule has 2 aromatic heterocycles. The minimum atomic E-state index is -0.961. The van der Waals surface area contributed by atoms with E-state index in [0.29, 0.717) is 6.42 Å². The molecule has 0 amide bonds. The van der Waals surface area contributed by atoms with Crippen LogP contribution in [-0.2, 0) is 6.42 Å². The molecule has 0 fully saturated rings. The lowest BCUT2D eigenvalue weighted by Crippen LogP contribution is -1.99. The maximum Gasteiger partial charge on any atom is 0.337 e. The van der Waals surface area contributed by atoms with E-state index < -0.39 is 5.97 Å². The first kappa shape index (κ1) is 10.3. The zero-order valence-corrected chi connectivity index (χ0v) is 8.50. The second-order valence-corrected chi connectivity index (χ2v) is 3.34. The molecule has 2 aromatic rings. The van der Waals surface area contributed by atoms with Crippen molar-refractivity contribution in [3.63, 3.8) is 0 Å². The van der Waals surface area contributed by atoms with Crippen LogP contribution in [0.3, 0.4) is 0 Å². The highest BCUT2D eigenvalue weighted by Gasteiger charge is 2.03. The zero-order valence-electron chi connectivity index (χ0n) is 8.50. The molecule has 0 radical (unpaired) electrons. The Bertz CT molecular complexity index is 480. The smallest absolute Gasteiger partial charge is 0.337 e. The Morgan fingerprint density at radius 3 is 2.50 bits per heavy atom. The Kier molecular flexibility index (Phi) is 2.91. The molecule has 2 rings (SSSR count). The summed E-state index contributed by atoms with van der Waals surface area (Å²) in [6, 6.07) is 8.93. The molecule has 16 heavy (non-hydrogen) atoms. The number of carboxylic acids is 1. The number of hydrogen-bond donors (Lipinski definition) is 1. The van der Waals surface area contributed by atoms with Crippen molar-refractivity contribution in [3.8, 4) is 0 Å². The molecule has 4 nitrogen and oxygen atoms in total. The second kappa shape index (κ2) is 4.53. The Hall–Kier alpha value is -2.23. The maximum absolute atomic E-state index is 10.6. The number of aromatic nitrogens is 2. The van der Waals surface area contributed by atoms with Gasteiger partial charge in [0.2, 0.25) is 0 Å². The Balaban J connectivity index is 2.14. The lowest BCUT2D eigenvalue weighted by atomic mass is 10.2. The van der Waals surface area contributed by atoms with Gasteiger partial charge in [-0.1, -0.05) is 6.07 Å². The van der Waals surface area contributed by atoms with E-state index in [4.69, 9.17) is 5.11 Å². The van der Waals surface area contributed by atoms with Crippen molar-refractivity contribution in [1.29, 1.82) is 0 Å². The highest BCUT2D eigenvalue weighted by molar-refractivity contribution is 5.87. The van der Waals surface area contributed by atoms with E-state index in [2.05, 4.69) is 9.97 Å². The molecule has 0 aliphatic heterocycles. The quantitative estimate of drug-likeness (QED) is 0.845. The van der Waals surface area contributed by atoms with Crippen molar-refractivity contribution in [2.75, 3.05) is 0 Å². The average Bonchev–Trinajstić information content (AvgIpc) is 2.31. The first-order valence-electron chi connectivity index (χ1n) is 4.84. The van der Waals surface area contributed by atoms with E-state index in [9.17, 15) is 4.79 Å². The summed E-state index contributed by atoms with van der Waals surface area (Å²) in [6.07, 6.45) is 3.70. The maximum atomic E-state index is 10.6. The van der Waals surface area contributed by atoms with E-state index >= 15 is 0 Å². The monoisotopic (exact) mass is 214 g/mol. The topological polar surface area (TPSA) is 63.1 Å². The van der Waals surface area contributed by atoms with Crippen LogP contribution < -0.4 is 0 Å². The van der Waals surface area contributed by atoms with Crippen LogP contribution in [0.15, 0.2) is 42.7 Å². The van der Waals surface area contributed by atoms with Crippen LogP contribution in [0, 0.1) is 0 Å². The van der Waals surface area contributed by atoms with Gasteiger partial charge in [-0.25, -0.2) is 4.79 Å². The molecule has 0 saturated carbocycles. The van der Waals surface area contributed by atoms with Gasteiger partial charge in [0.25, 0.3) is 0 Å². The van der Waals surface area contributed by atoms with Crippen molar-refractivity contribution in [1.82, 2.24) is 9.97 Å². The van der Waals surface area contributed by atoms with Crippen LogP contribution >= 0.6 is 0 Å². The lowest BCUT2D eigenvalue weighted by Gasteiger charge is -2.00. The standard InChI is InChI=1S/C12H10N2O2/c15-12(16)9-4-5-11(14-8-9)7-10-3-1-2-6-13-10/h1-6,8H,7H2,(H,15,16). The van der Waals surface area contributed by atoms with Crippen molar-refractivity contribution < 1.29 is 9.90 Å². The highest BCUT2D eigenvalue weighted by Crippen LogP contribution is 2.05. The summed E-state index contributed by atoms with van der Waals surface area (Å²) in [5, 5.41) is 8.71. The normalized spacial score (nSPS) is 10.0. The molecule has 80 valence electrons. The fourth-order valence-corrected chi connectivity index (χ4v) is 1.34. The highest BCUT2D eigenvalue weighted by atomic mass is 16.4. The van der Waals surface area contributed by atoms with E-state index in [1.807, 2.05) is 18.2 Å². The van der Waals surface area contributed by atoms with Gasteiger partial charge in [0.05, 0.1) is 5.56 Å². The van der Waals surface area contributed by atoms with E-state index in [-0.39, 0.29) is 5.56 Å². The fourth-order valence-electron chi connectivity index (χ4n) is 1.34. The number of hydrogen-bond acceptors (Lipinski definition) is 3. The predicted molar refractivity (Wildman–Crippen MR) is 58.2 cm³/mol. The van der Waals surface area contributed by atoms with Gasteiger partial charge in [-0.2, -0.15) is 0 Å². The summed E-state index contributed by atoms with van der Waals surface area (Å²) < 4.78 is 0. The van der Waals surface area contributed by atoms with Crippen molar-refractivity contribution in [3.05, 3.63) is 59.7 Å². The first-order valence-corrected chi connectivity index (χ1v) is 4.84. The molecular formula is C12H10N2O2. The van der Waals surface area contributed by atoms with Crippen LogP contribution in [-0.4, -0.2) is 21.0 Å². The summed E-state index contributed by atoms with van der Waals surface area (Å²) in [4.78, 5) is 18.9. The first-order chi connectivity index (χ1) is 7.75. The Morgan fingerprint density at radius 1 is 1.12 bits per heavy atom. The third-order valence-electron chi connectivity index (χ3n) is 2.16. The van der Waals surface area contributed by atoms with Gasteiger partial charge in [0.15, 0.2) is 0 Å². The molecule has 0 unspecified atom stereocenters. The molecule has 0 aliphatic rings. The summed E-state index contributed by atoms with van der Waals surface area (Å²) in [5.41, 5.74) is 1.92. The molecule has 0 saturated heterocycles. The van der Waals surface area contributed by atoms with Gasteiger partial charge in [-0.3, -0.25) is 9.97 Å².